The lowest BCUT2D eigenvalue weighted by molar-refractivity contribution is -0.119. The van der Waals surface area contributed by atoms with E-state index < -0.39 is 0 Å². The Balaban J connectivity index is 2.73. The molecule has 1 unspecified atom stereocenters. The Morgan fingerprint density at radius 2 is 2.33 bits per heavy atom. The van der Waals surface area contributed by atoms with Gasteiger partial charge in [0, 0.05) is 12.6 Å². The van der Waals surface area contributed by atoms with E-state index in [4.69, 9.17) is 5.73 Å². The molecule has 0 fully saturated rings. The van der Waals surface area contributed by atoms with Gasteiger partial charge < -0.3 is 5.73 Å². The first kappa shape index (κ1) is 12.0. The Kier molecular flexibility index (Phi) is 4.09. The van der Waals surface area contributed by atoms with Crippen molar-refractivity contribution in [2.24, 2.45) is 11.7 Å². The number of carbonyl (C=O) groups is 1. The van der Waals surface area contributed by atoms with Crippen molar-refractivity contribution < 1.29 is 4.79 Å². The third kappa shape index (κ3) is 3.51. The van der Waals surface area contributed by atoms with Gasteiger partial charge in [-0.25, -0.2) is 0 Å². The maximum absolute atomic E-state index is 10.9. The molecule has 0 aliphatic carbocycles. The zero-order valence-corrected chi connectivity index (χ0v) is 9.57. The van der Waals surface area contributed by atoms with Crippen LogP contribution in [0.15, 0.2) is 24.3 Å². The Hall–Kier alpha value is -1.09. The second kappa shape index (κ2) is 5.12. The molecular formula is C12H20N2O. The SMILES string of the molecule is C=C1/C=C\CC(C)N(CC(N)=O)C[C@@H]1C. The quantitative estimate of drug-likeness (QED) is 0.744. The monoisotopic (exact) mass is 208 g/mol. The highest BCUT2D eigenvalue weighted by Gasteiger charge is 2.20. The van der Waals surface area contributed by atoms with Gasteiger partial charge in [0.15, 0.2) is 0 Å². The summed E-state index contributed by atoms with van der Waals surface area (Å²) in [6.07, 6.45) is 5.15. The van der Waals surface area contributed by atoms with Gasteiger partial charge in [-0.15, -0.1) is 0 Å². The highest BCUT2D eigenvalue weighted by Crippen LogP contribution is 2.18. The van der Waals surface area contributed by atoms with E-state index in [-0.39, 0.29) is 5.91 Å². The fourth-order valence-corrected chi connectivity index (χ4v) is 1.80. The number of nitrogens with zero attached hydrogens (tertiary/aromatic N) is 1. The molecule has 1 aliphatic heterocycles. The Morgan fingerprint density at radius 3 is 2.93 bits per heavy atom. The van der Waals surface area contributed by atoms with Crippen molar-refractivity contribution in [1.82, 2.24) is 4.90 Å². The molecule has 0 bridgehead atoms. The normalized spacial score (nSPS) is 30.7. The predicted molar refractivity (Wildman–Crippen MR) is 62.3 cm³/mol. The van der Waals surface area contributed by atoms with Crippen LogP contribution in [0.4, 0.5) is 0 Å². The van der Waals surface area contributed by atoms with Crippen LogP contribution in [0.2, 0.25) is 0 Å². The minimum absolute atomic E-state index is 0.260. The van der Waals surface area contributed by atoms with Crippen molar-refractivity contribution in [2.45, 2.75) is 26.3 Å². The van der Waals surface area contributed by atoms with Gasteiger partial charge in [-0.3, -0.25) is 9.69 Å². The number of nitrogens with two attached hydrogens (primary N) is 1. The summed E-state index contributed by atoms with van der Waals surface area (Å²) in [5.41, 5.74) is 6.36. The van der Waals surface area contributed by atoms with Gasteiger partial charge in [-0.2, -0.15) is 0 Å². The molecule has 1 heterocycles. The number of allylic oxidation sites excluding steroid dienone is 1. The summed E-state index contributed by atoms with van der Waals surface area (Å²) in [6, 6.07) is 0.365. The molecule has 0 saturated carbocycles. The summed E-state index contributed by atoms with van der Waals surface area (Å²) in [5.74, 6) is 0.118. The molecule has 3 nitrogen and oxygen atoms in total. The fourth-order valence-electron chi connectivity index (χ4n) is 1.80. The van der Waals surface area contributed by atoms with Crippen molar-refractivity contribution in [3.63, 3.8) is 0 Å². The second-order valence-electron chi connectivity index (χ2n) is 4.36. The third-order valence-corrected chi connectivity index (χ3v) is 2.93. The van der Waals surface area contributed by atoms with Crippen LogP contribution in [0.3, 0.4) is 0 Å². The van der Waals surface area contributed by atoms with Crippen molar-refractivity contribution in [2.75, 3.05) is 13.1 Å². The first-order valence-corrected chi connectivity index (χ1v) is 5.38. The van der Waals surface area contributed by atoms with E-state index in [0.29, 0.717) is 18.5 Å². The number of hydrogen-bond acceptors (Lipinski definition) is 2. The minimum Gasteiger partial charge on any atom is -0.369 e. The van der Waals surface area contributed by atoms with Gasteiger partial charge in [0.1, 0.15) is 0 Å². The first-order valence-electron chi connectivity index (χ1n) is 5.38. The molecule has 15 heavy (non-hydrogen) atoms. The predicted octanol–water partition coefficient (Wildman–Crippen LogP) is 1.31. The van der Waals surface area contributed by atoms with Crippen LogP contribution in [-0.4, -0.2) is 29.9 Å². The average molecular weight is 208 g/mol. The molecule has 3 heteroatoms. The topological polar surface area (TPSA) is 46.3 Å². The van der Waals surface area contributed by atoms with Gasteiger partial charge in [-0.1, -0.05) is 31.2 Å². The second-order valence-corrected chi connectivity index (χ2v) is 4.36. The summed E-state index contributed by atoms with van der Waals surface area (Å²) in [6.45, 7) is 9.44. The molecule has 0 aromatic rings. The van der Waals surface area contributed by atoms with Gasteiger partial charge in [-0.05, 0) is 19.3 Å². The van der Waals surface area contributed by atoms with Crippen LogP contribution in [-0.2, 0) is 4.79 Å². The number of hydrogen-bond donors (Lipinski definition) is 1. The van der Waals surface area contributed by atoms with E-state index in [0.717, 1.165) is 18.5 Å². The van der Waals surface area contributed by atoms with E-state index >= 15 is 0 Å². The molecule has 1 rings (SSSR count). The van der Waals surface area contributed by atoms with E-state index in [2.05, 4.69) is 37.5 Å². The Bertz CT molecular complexity index is 283. The molecule has 0 saturated heterocycles. The average Bonchev–Trinajstić information content (AvgIpc) is 2.14. The van der Waals surface area contributed by atoms with Crippen LogP contribution >= 0.6 is 0 Å². The zero-order valence-electron chi connectivity index (χ0n) is 9.57. The Labute approximate surface area is 91.6 Å². The van der Waals surface area contributed by atoms with Gasteiger partial charge >= 0.3 is 0 Å². The van der Waals surface area contributed by atoms with Crippen LogP contribution in [0, 0.1) is 5.92 Å². The fraction of sp³-hybridized carbons (Fsp3) is 0.583. The van der Waals surface area contributed by atoms with Crippen LogP contribution < -0.4 is 5.73 Å². The van der Waals surface area contributed by atoms with Crippen LogP contribution in [0.5, 0.6) is 0 Å². The van der Waals surface area contributed by atoms with Crippen molar-refractivity contribution in [1.29, 1.82) is 0 Å². The third-order valence-electron chi connectivity index (χ3n) is 2.93. The number of carbonyl (C=O) groups excluding carboxylic acids is 1. The summed E-state index contributed by atoms with van der Waals surface area (Å²) < 4.78 is 0. The van der Waals surface area contributed by atoms with Crippen LogP contribution in [0.25, 0.3) is 0 Å². The number of rotatable bonds is 2. The van der Waals surface area contributed by atoms with Gasteiger partial charge in [0.2, 0.25) is 5.91 Å². The number of primary amides is 1. The molecule has 2 atom stereocenters. The maximum atomic E-state index is 10.9. The first-order chi connectivity index (χ1) is 7.00. The zero-order chi connectivity index (χ0) is 11.4. The molecule has 84 valence electrons. The van der Waals surface area contributed by atoms with E-state index in [9.17, 15) is 4.79 Å². The highest BCUT2D eigenvalue weighted by atomic mass is 16.1. The van der Waals surface area contributed by atoms with E-state index in [1.165, 1.54) is 0 Å². The summed E-state index contributed by atoms with van der Waals surface area (Å²) >= 11 is 0. The minimum atomic E-state index is -0.260. The summed E-state index contributed by atoms with van der Waals surface area (Å²) in [4.78, 5) is 13.1. The molecule has 0 aromatic carbocycles. The standard InChI is InChI=1S/C12H20N2O/c1-9-5-4-6-11(3)14(7-10(9)2)8-12(13)15/h4-5,10-11H,1,6-8H2,2-3H3,(H2,13,15)/b5-4-/t10-,11?/m0/s1. The molecule has 2 N–H and O–H groups in total. The largest absolute Gasteiger partial charge is 0.369 e. The van der Waals surface area contributed by atoms with E-state index in [1.807, 2.05) is 0 Å². The molecular weight excluding hydrogens is 188 g/mol. The maximum Gasteiger partial charge on any atom is 0.231 e. The lowest BCUT2D eigenvalue weighted by atomic mass is 9.97. The smallest absolute Gasteiger partial charge is 0.231 e. The van der Waals surface area contributed by atoms with Gasteiger partial charge in [0.05, 0.1) is 6.54 Å². The van der Waals surface area contributed by atoms with Crippen molar-refractivity contribution >= 4 is 5.91 Å². The lowest BCUT2D eigenvalue weighted by Gasteiger charge is -2.31. The van der Waals surface area contributed by atoms with E-state index in [1.54, 1.807) is 0 Å². The molecule has 1 aliphatic rings. The van der Waals surface area contributed by atoms with Crippen molar-refractivity contribution in [3.8, 4) is 0 Å². The Morgan fingerprint density at radius 1 is 1.67 bits per heavy atom. The number of amides is 1. The molecule has 0 radical (unpaired) electrons. The molecule has 1 amide bonds. The van der Waals surface area contributed by atoms with Crippen LogP contribution in [0.1, 0.15) is 20.3 Å². The lowest BCUT2D eigenvalue weighted by Crippen LogP contribution is -2.42. The molecule has 0 spiro atoms. The summed E-state index contributed by atoms with van der Waals surface area (Å²) in [7, 11) is 0. The highest BCUT2D eigenvalue weighted by molar-refractivity contribution is 5.75. The van der Waals surface area contributed by atoms with Crippen molar-refractivity contribution in [3.05, 3.63) is 24.3 Å². The van der Waals surface area contributed by atoms with Gasteiger partial charge in [0.25, 0.3) is 0 Å². The summed E-state index contributed by atoms with van der Waals surface area (Å²) in [5, 5.41) is 0. The molecule has 0 aromatic heterocycles.